The molecular weight excluding hydrogens is 304 g/mol. The number of hydrogen-bond donors (Lipinski definition) is 0. The average molecular weight is 334 g/mol. The van der Waals surface area contributed by atoms with Gasteiger partial charge in [0.05, 0.1) is 18.6 Å². The van der Waals surface area contributed by atoms with E-state index in [0.717, 1.165) is 19.0 Å². The van der Waals surface area contributed by atoms with E-state index in [0.29, 0.717) is 6.61 Å². The van der Waals surface area contributed by atoms with Gasteiger partial charge in [0.25, 0.3) is 0 Å². The molecule has 1 amide bonds. The number of carbonyl (C=O) groups is 1. The minimum absolute atomic E-state index is 0.0128. The fraction of sp³-hybridized carbons (Fsp3) is 0.778. The van der Waals surface area contributed by atoms with Crippen molar-refractivity contribution in [1.82, 2.24) is 19.4 Å². The Labute approximate surface area is 144 Å². The largest absolute Gasteiger partial charge is 0.371 e. The Morgan fingerprint density at radius 1 is 1.38 bits per heavy atom. The Kier molecular flexibility index (Phi) is 5.56. The van der Waals surface area contributed by atoms with Crippen molar-refractivity contribution in [2.45, 2.75) is 38.1 Å². The summed E-state index contributed by atoms with van der Waals surface area (Å²) in [6.07, 6.45) is 7.40. The number of amides is 1. The number of fused-ring (bicyclic) bond motifs is 1. The molecule has 0 unspecified atom stereocenters. The van der Waals surface area contributed by atoms with E-state index in [4.69, 9.17) is 4.74 Å². The summed E-state index contributed by atoms with van der Waals surface area (Å²) in [5, 5.41) is 0. The lowest BCUT2D eigenvalue weighted by atomic mass is 9.97. The van der Waals surface area contributed by atoms with Gasteiger partial charge in [-0.2, -0.15) is 0 Å². The van der Waals surface area contributed by atoms with Crippen LogP contribution in [0.1, 0.15) is 43.0 Å². The van der Waals surface area contributed by atoms with Crippen molar-refractivity contribution in [3.63, 3.8) is 0 Å². The second kappa shape index (κ2) is 7.66. The molecule has 1 aromatic rings. The molecule has 1 aromatic heterocycles. The van der Waals surface area contributed by atoms with Gasteiger partial charge in [-0.1, -0.05) is 12.8 Å². The molecule has 1 fully saturated rings. The molecule has 134 valence electrons. The lowest BCUT2D eigenvalue weighted by Crippen LogP contribution is -2.39. The third kappa shape index (κ3) is 3.98. The fourth-order valence-corrected chi connectivity index (χ4v) is 4.05. The van der Waals surface area contributed by atoms with Gasteiger partial charge in [-0.15, -0.1) is 0 Å². The van der Waals surface area contributed by atoms with E-state index in [1.807, 2.05) is 6.33 Å². The number of aryl methyl sites for hydroxylation is 1. The van der Waals surface area contributed by atoms with Gasteiger partial charge in [-0.3, -0.25) is 9.69 Å². The van der Waals surface area contributed by atoms with E-state index in [-0.39, 0.29) is 18.4 Å². The zero-order chi connectivity index (χ0) is 17.1. The van der Waals surface area contributed by atoms with Crippen LogP contribution in [0.3, 0.4) is 0 Å². The minimum atomic E-state index is 0.0128. The molecule has 1 atom stereocenters. The van der Waals surface area contributed by atoms with Crippen molar-refractivity contribution in [1.29, 1.82) is 0 Å². The molecule has 6 heteroatoms. The molecule has 1 aliphatic carbocycles. The average Bonchev–Trinajstić information content (AvgIpc) is 3.17. The standard InChI is InChI=1S/C18H30N4O2/c1-20(2)17(23)12-24-11-15-9-22(8-14-6-4-5-7-14)10-16-18(15)21(3)13-19-16/h13-15H,4-12H2,1-3H3/t15-/m1/s1. The highest BCUT2D eigenvalue weighted by atomic mass is 16.5. The smallest absolute Gasteiger partial charge is 0.248 e. The number of carbonyl (C=O) groups excluding carboxylic acids is 1. The van der Waals surface area contributed by atoms with Gasteiger partial charge in [0.2, 0.25) is 5.91 Å². The number of nitrogens with zero attached hydrogens (tertiary/aromatic N) is 4. The Morgan fingerprint density at radius 3 is 2.83 bits per heavy atom. The first kappa shape index (κ1) is 17.4. The molecular formula is C18H30N4O2. The van der Waals surface area contributed by atoms with Crippen molar-refractivity contribution in [2.75, 3.05) is 40.4 Å². The molecule has 0 aromatic carbocycles. The zero-order valence-corrected chi connectivity index (χ0v) is 15.2. The van der Waals surface area contributed by atoms with Crippen molar-refractivity contribution in [3.05, 3.63) is 17.7 Å². The maximum atomic E-state index is 11.7. The summed E-state index contributed by atoms with van der Waals surface area (Å²) in [5.41, 5.74) is 2.45. The van der Waals surface area contributed by atoms with Gasteiger partial charge in [0, 0.05) is 52.4 Å². The van der Waals surface area contributed by atoms with Gasteiger partial charge in [0.1, 0.15) is 6.61 Å². The van der Waals surface area contributed by atoms with Gasteiger partial charge in [-0.25, -0.2) is 4.98 Å². The molecule has 0 bridgehead atoms. The summed E-state index contributed by atoms with van der Waals surface area (Å²) in [7, 11) is 5.57. The molecule has 0 spiro atoms. The van der Waals surface area contributed by atoms with Crippen molar-refractivity contribution < 1.29 is 9.53 Å². The normalized spacial score (nSPS) is 21.9. The monoisotopic (exact) mass is 334 g/mol. The molecule has 6 nitrogen and oxygen atoms in total. The molecule has 24 heavy (non-hydrogen) atoms. The van der Waals surface area contributed by atoms with Crippen LogP contribution in [0.25, 0.3) is 0 Å². The second-order valence-corrected chi connectivity index (χ2v) is 7.53. The topological polar surface area (TPSA) is 50.6 Å². The Morgan fingerprint density at radius 2 is 2.12 bits per heavy atom. The van der Waals surface area contributed by atoms with Crippen molar-refractivity contribution in [3.8, 4) is 0 Å². The van der Waals surface area contributed by atoms with Crippen LogP contribution in [-0.4, -0.2) is 65.7 Å². The Hall–Kier alpha value is -1.40. The maximum absolute atomic E-state index is 11.7. The number of aromatic nitrogens is 2. The minimum Gasteiger partial charge on any atom is -0.371 e. The molecule has 0 radical (unpaired) electrons. The number of likely N-dealkylation sites (N-methyl/N-ethyl adjacent to an activating group) is 1. The van der Waals surface area contributed by atoms with E-state index < -0.39 is 0 Å². The van der Waals surface area contributed by atoms with E-state index in [1.54, 1.807) is 19.0 Å². The maximum Gasteiger partial charge on any atom is 0.248 e. The highest BCUT2D eigenvalue weighted by Crippen LogP contribution is 2.31. The molecule has 0 saturated heterocycles. The van der Waals surface area contributed by atoms with Gasteiger partial charge >= 0.3 is 0 Å². The first-order chi connectivity index (χ1) is 11.5. The summed E-state index contributed by atoms with van der Waals surface area (Å²) in [4.78, 5) is 20.4. The Balaban J connectivity index is 1.62. The van der Waals surface area contributed by atoms with Crippen molar-refractivity contribution in [2.24, 2.45) is 13.0 Å². The van der Waals surface area contributed by atoms with Gasteiger partial charge in [-0.05, 0) is 18.8 Å². The fourth-order valence-electron chi connectivity index (χ4n) is 4.05. The van der Waals surface area contributed by atoms with Gasteiger partial charge in [0.15, 0.2) is 0 Å². The van der Waals surface area contributed by atoms with Crippen LogP contribution in [-0.2, 0) is 23.1 Å². The van der Waals surface area contributed by atoms with Crippen LogP contribution in [0.4, 0.5) is 0 Å². The van der Waals surface area contributed by atoms with E-state index in [2.05, 4.69) is 21.5 Å². The molecule has 3 rings (SSSR count). The summed E-state index contributed by atoms with van der Waals surface area (Å²) in [6, 6.07) is 0. The lowest BCUT2D eigenvalue weighted by Gasteiger charge is -2.34. The van der Waals surface area contributed by atoms with Crippen LogP contribution < -0.4 is 0 Å². The molecule has 1 aliphatic heterocycles. The number of rotatable bonds is 6. The SMILES string of the molecule is CN(C)C(=O)COC[C@H]1CN(CC2CCCC2)Cc2ncn(C)c21. The summed E-state index contributed by atoms with van der Waals surface area (Å²) < 4.78 is 7.85. The highest BCUT2D eigenvalue weighted by molar-refractivity contribution is 5.76. The second-order valence-electron chi connectivity index (χ2n) is 7.53. The third-order valence-electron chi connectivity index (χ3n) is 5.34. The van der Waals surface area contributed by atoms with Crippen LogP contribution in [0.5, 0.6) is 0 Å². The van der Waals surface area contributed by atoms with Crippen LogP contribution in [0.2, 0.25) is 0 Å². The van der Waals surface area contributed by atoms with Gasteiger partial charge < -0.3 is 14.2 Å². The van der Waals surface area contributed by atoms with Crippen LogP contribution in [0, 0.1) is 5.92 Å². The summed E-state index contributed by atoms with van der Waals surface area (Å²) in [5.74, 6) is 1.14. The van der Waals surface area contributed by atoms with Crippen molar-refractivity contribution >= 4 is 5.91 Å². The lowest BCUT2D eigenvalue weighted by molar-refractivity contribution is -0.133. The molecule has 2 heterocycles. The number of ether oxygens (including phenoxy) is 1. The third-order valence-corrected chi connectivity index (χ3v) is 5.34. The number of hydrogen-bond acceptors (Lipinski definition) is 4. The van der Waals surface area contributed by atoms with E-state index in [9.17, 15) is 4.79 Å². The van der Waals surface area contributed by atoms with E-state index >= 15 is 0 Å². The zero-order valence-electron chi connectivity index (χ0n) is 15.2. The summed E-state index contributed by atoms with van der Waals surface area (Å²) >= 11 is 0. The molecule has 1 saturated carbocycles. The van der Waals surface area contributed by atoms with Crippen LogP contribution in [0.15, 0.2) is 6.33 Å². The molecule has 0 N–H and O–H groups in total. The first-order valence-corrected chi connectivity index (χ1v) is 9.05. The number of imidazole rings is 1. The predicted octanol–water partition coefficient (Wildman–Crippen LogP) is 1.61. The Bertz CT molecular complexity index is 563. The summed E-state index contributed by atoms with van der Waals surface area (Å²) in [6.45, 7) is 3.84. The molecule has 2 aliphatic rings. The predicted molar refractivity (Wildman–Crippen MR) is 92.7 cm³/mol. The van der Waals surface area contributed by atoms with Crippen LogP contribution >= 0.6 is 0 Å². The highest BCUT2D eigenvalue weighted by Gasteiger charge is 2.31. The van der Waals surface area contributed by atoms with E-state index in [1.165, 1.54) is 43.6 Å². The quantitative estimate of drug-likeness (QED) is 0.793. The first-order valence-electron chi connectivity index (χ1n) is 9.05.